The Kier molecular flexibility index (Phi) is 14.7. The first kappa shape index (κ1) is 33.4. The number of alkyl halides is 1. The number of aryl methyl sites for hydroxylation is 1. The third-order valence-corrected chi connectivity index (χ3v) is 7.99. The molecular weight excluding hydrogens is 523 g/mol. The van der Waals surface area contributed by atoms with Crippen molar-refractivity contribution in [3.8, 4) is 28.3 Å². The Bertz CT molecular complexity index is 1180. The lowest BCUT2D eigenvalue weighted by molar-refractivity contribution is -0.147. The summed E-state index contributed by atoms with van der Waals surface area (Å²) < 4.78 is 20.5. The van der Waals surface area contributed by atoms with Crippen molar-refractivity contribution >= 4 is 5.97 Å². The zero-order valence-corrected chi connectivity index (χ0v) is 26.2. The van der Waals surface area contributed by atoms with E-state index in [0.29, 0.717) is 18.0 Å². The Balaban J connectivity index is 1.53. The number of ether oxygens (including phenoxy) is 1. The van der Waals surface area contributed by atoms with Gasteiger partial charge < -0.3 is 4.74 Å². The number of esters is 1. The first-order chi connectivity index (χ1) is 20.4. The summed E-state index contributed by atoms with van der Waals surface area (Å²) in [5.74, 6) is 0.199. The Morgan fingerprint density at radius 1 is 0.714 bits per heavy atom. The zero-order valence-electron chi connectivity index (χ0n) is 26.2. The number of unbranched alkanes of at least 4 members (excludes halogenated alkanes) is 12. The number of carbonyl (C=O) groups excluding carboxylic acids is 1. The molecular formula is C37H51FN2O2. The number of benzene rings is 2. The number of aromatic nitrogens is 2. The number of carbonyl (C=O) groups is 1. The SMILES string of the molecule is CCCCCCCCCc1cnc(-c2ccccc2-c2ccc(OC(=O)C(C)(F)CCCCCCCCC)cc2)nc1. The van der Waals surface area contributed by atoms with Gasteiger partial charge in [-0.05, 0) is 61.4 Å². The van der Waals surface area contributed by atoms with Crippen LogP contribution in [-0.4, -0.2) is 21.6 Å². The molecule has 1 atom stereocenters. The molecule has 0 radical (unpaired) electrons. The van der Waals surface area contributed by atoms with E-state index in [1.165, 1.54) is 83.1 Å². The zero-order chi connectivity index (χ0) is 30.0. The Morgan fingerprint density at radius 3 is 1.83 bits per heavy atom. The summed E-state index contributed by atoms with van der Waals surface area (Å²) in [6, 6.07) is 15.3. The van der Waals surface area contributed by atoms with Crippen molar-refractivity contribution < 1.29 is 13.9 Å². The first-order valence-corrected chi connectivity index (χ1v) is 16.4. The molecule has 2 aromatic carbocycles. The van der Waals surface area contributed by atoms with Crippen molar-refractivity contribution in [1.29, 1.82) is 0 Å². The van der Waals surface area contributed by atoms with Crippen molar-refractivity contribution in [2.75, 3.05) is 0 Å². The van der Waals surface area contributed by atoms with Crippen LogP contribution >= 0.6 is 0 Å². The van der Waals surface area contributed by atoms with Crippen LogP contribution in [0.5, 0.6) is 5.75 Å². The van der Waals surface area contributed by atoms with E-state index in [1.807, 2.05) is 48.8 Å². The lowest BCUT2D eigenvalue weighted by Gasteiger charge is -2.18. The third kappa shape index (κ3) is 11.3. The molecule has 0 aliphatic heterocycles. The van der Waals surface area contributed by atoms with Gasteiger partial charge >= 0.3 is 5.97 Å². The molecule has 1 aromatic heterocycles. The van der Waals surface area contributed by atoms with E-state index in [0.717, 1.165) is 36.0 Å². The fourth-order valence-corrected chi connectivity index (χ4v) is 5.27. The van der Waals surface area contributed by atoms with Crippen LogP contribution in [0.2, 0.25) is 0 Å². The van der Waals surface area contributed by atoms with Crippen molar-refractivity contribution in [3.05, 3.63) is 66.5 Å². The Labute approximate surface area is 253 Å². The van der Waals surface area contributed by atoms with Crippen LogP contribution in [0.3, 0.4) is 0 Å². The summed E-state index contributed by atoms with van der Waals surface area (Å²) in [7, 11) is 0. The van der Waals surface area contributed by atoms with E-state index < -0.39 is 11.6 Å². The van der Waals surface area contributed by atoms with E-state index in [1.54, 1.807) is 12.1 Å². The Morgan fingerprint density at radius 2 is 1.24 bits per heavy atom. The summed E-state index contributed by atoms with van der Waals surface area (Å²) in [6.07, 6.45) is 21.7. The predicted molar refractivity (Wildman–Crippen MR) is 172 cm³/mol. The molecule has 1 heterocycles. The smallest absolute Gasteiger partial charge is 0.348 e. The van der Waals surface area contributed by atoms with Gasteiger partial charge in [0.1, 0.15) is 5.75 Å². The summed E-state index contributed by atoms with van der Waals surface area (Å²) in [4.78, 5) is 22.0. The molecule has 0 bridgehead atoms. The maximum Gasteiger partial charge on any atom is 0.348 e. The average molecular weight is 575 g/mol. The molecule has 1 unspecified atom stereocenters. The number of hydrogen-bond acceptors (Lipinski definition) is 4. The molecule has 0 fully saturated rings. The van der Waals surface area contributed by atoms with Crippen LogP contribution in [0.25, 0.3) is 22.5 Å². The maximum atomic E-state index is 15.1. The van der Waals surface area contributed by atoms with Crippen LogP contribution in [0.1, 0.15) is 123 Å². The topological polar surface area (TPSA) is 52.1 Å². The minimum Gasteiger partial charge on any atom is -0.424 e. The van der Waals surface area contributed by atoms with Crippen molar-refractivity contribution in [2.45, 2.75) is 129 Å². The van der Waals surface area contributed by atoms with Gasteiger partial charge in [-0.2, -0.15) is 0 Å². The largest absolute Gasteiger partial charge is 0.424 e. The normalized spacial score (nSPS) is 12.7. The summed E-state index contributed by atoms with van der Waals surface area (Å²) in [5.41, 5.74) is 2.06. The predicted octanol–water partition coefficient (Wildman–Crippen LogP) is 10.9. The van der Waals surface area contributed by atoms with Gasteiger partial charge in [0.15, 0.2) is 5.82 Å². The molecule has 3 rings (SSSR count). The van der Waals surface area contributed by atoms with Crippen molar-refractivity contribution in [3.63, 3.8) is 0 Å². The van der Waals surface area contributed by atoms with Gasteiger partial charge in [-0.15, -0.1) is 0 Å². The fraction of sp³-hybridized carbons (Fsp3) is 0.541. The highest BCUT2D eigenvalue weighted by Gasteiger charge is 2.34. The van der Waals surface area contributed by atoms with Gasteiger partial charge in [0.05, 0.1) is 0 Å². The second-order valence-electron chi connectivity index (χ2n) is 11.8. The minimum absolute atomic E-state index is 0.183. The van der Waals surface area contributed by atoms with Gasteiger partial charge in [-0.25, -0.2) is 19.2 Å². The lowest BCUT2D eigenvalue weighted by atomic mass is 9.98. The highest BCUT2D eigenvalue weighted by atomic mass is 19.1. The lowest BCUT2D eigenvalue weighted by Crippen LogP contribution is -2.34. The van der Waals surface area contributed by atoms with Crippen molar-refractivity contribution in [1.82, 2.24) is 9.97 Å². The first-order valence-electron chi connectivity index (χ1n) is 16.4. The van der Waals surface area contributed by atoms with Gasteiger partial charge in [0.25, 0.3) is 0 Å². The average Bonchev–Trinajstić information content (AvgIpc) is 3.01. The fourth-order valence-electron chi connectivity index (χ4n) is 5.27. The standard InChI is InChI=1S/C37H51FN2O2/c1-4-6-8-10-12-14-16-20-30-28-39-35(40-29-30)34-22-18-17-21-33(34)31-23-25-32(26-24-31)42-36(41)37(3,38)27-19-15-13-11-9-7-5-2/h17-18,21-26,28-29H,4-16,19-20,27H2,1-3H3. The van der Waals surface area contributed by atoms with Crippen LogP contribution < -0.4 is 4.74 Å². The molecule has 228 valence electrons. The monoisotopic (exact) mass is 574 g/mol. The molecule has 3 aromatic rings. The molecule has 0 amide bonds. The Hall–Kier alpha value is -3.08. The van der Waals surface area contributed by atoms with Crippen molar-refractivity contribution in [2.24, 2.45) is 0 Å². The molecule has 5 heteroatoms. The van der Waals surface area contributed by atoms with Crippen LogP contribution in [-0.2, 0) is 11.2 Å². The third-order valence-electron chi connectivity index (χ3n) is 7.99. The van der Waals surface area contributed by atoms with E-state index in [4.69, 9.17) is 4.74 Å². The van der Waals surface area contributed by atoms with E-state index >= 15 is 4.39 Å². The van der Waals surface area contributed by atoms with E-state index in [2.05, 4.69) is 23.8 Å². The minimum atomic E-state index is -1.99. The molecule has 42 heavy (non-hydrogen) atoms. The second-order valence-corrected chi connectivity index (χ2v) is 11.8. The number of rotatable bonds is 20. The molecule has 0 saturated heterocycles. The summed E-state index contributed by atoms with van der Waals surface area (Å²) >= 11 is 0. The quantitative estimate of drug-likeness (QED) is 0.0765. The molecule has 4 nitrogen and oxygen atoms in total. The highest BCUT2D eigenvalue weighted by molar-refractivity contribution is 5.82. The van der Waals surface area contributed by atoms with E-state index in [9.17, 15) is 4.79 Å². The number of nitrogens with zero attached hydrogens (tertiary/aromatic N) is 2. The highest BCUT2D eigenvalue weighted by Crippen LogP contribution is 2.32. The molecule has 0 spiro atoms. The van der Waals surface area contributed by atoms with Gasteiger partial charge in [0, 0.05) is 18.0 Å². The summed E-state index contributed by atoms with van der Waals surface area (Å²) in [5, 5.41) is 0. The molecule has 0 N–H and O–H groups in total. The maximum absolute atomic E-state index is 15.1. The van der Waals surface area contributed by atoms with Crippen LogP contribution in [0.15, 0.2) is 60.9 Å². The van der Waals surface area contributed by atoms with Gasteiger partial charge in [-0.3, -0.25) is 0 Å². The molecule has 0 aliphatic rings. The molecule has 0 aliphatic carbocycles. The van der Waals surface area contributed by atoms with Crippen LogP contribution in [0.4, 0.5) is 4.39 Å². The number of halogens is 1. The summed E-state index contributed by atoms with van der Waals surface area (Å²) in [6.45, 7) is 5.77. The second kappa shape index (κ2) is 18.5. The van der Waals surface area contributed by atoms with Crippen LogP contribution in [0, 0.1) is 0 Å². The van der Waals surface area contributed by atoms with E-state index in [-0.39, 0.29) is 6.42 Å². The number of hydrogen-bond donors (Lipinski definition) is 0. The molecule has 0 saturated carbocycles. The van der Waals surface area contributed by atoms with Gasteiger partial charge in [-0.1, -0.05) is 127 Å². The van der Waals surface area contributed by atoms with Gasteiger partial charge in [0.2, 0.25) is 5.67 Å².